The van der Waals surface area contributed by atoms with Crippen LogP contribution in [0.25, 0.3) is 0 Å². The van der Waals surface area contributed by atoms with Crippen LogP contribution >= 0.6 is 0 Å². The van der Waals surface area contributed by atoms with Gasteiger partial charge in [-0.1, -0.05) is 0 Å². The zero-order valence-corrected chi connectivity index (χ0v) is 12.1. The highest BCUT2D eigenvalue weighted by Crippen LogP contribution is 2.03. The molecular weight excluding hydrogens is 240 g/mol. The lowest BCUT2D eigenvalue weighted by Crippen LogP contribution is -2.33. The first kappa shape index (κ1) is 13.7. The summed E-state index contributed by atoms with van der Waals surface area (Å²) in [6.45, 7) is 8.07. The number of nitrogens with zero attached hydrogens (tertiary/aromatic N) is 5. The van der Waals surface area contributed by atoms with E-state index in [1.165, 1.54) is 5.69 Å². The Bertz CT molecular complexity index is 527. The Morgan fingerprint density at radius 3 is 2.74 bits per heavy atom. The van der Waals surface area contributed by atoms with E-state index < -0.39 is 0 Å². The number of aromatic nitrogens is 5. The van der Waals surface area contributed by atoms with Gasteiger partial charge in [-0.05, 0) is 26.8 Å². The summed E-state index contributed by atoms with van der Waals surface area (Å²) in [6, 6.07) is 2.48. The molecule has 6 heteroatoms. The molecule has 0 amide bonds. The van der Waals surface area contributed by atoms with E-state index in [9.17, 15) is 0 Å². The Hall–Kier alpha value is -1.69. The van der Waals surface area contributed by atoms with E-state index in [1.807, 2.05) is 18.7 Å². The van der Waals surface area contributed by atoms with Crippen molar-refractivity contribution >= 4 is 0 Å². The number of hydrogen-bond acceptors (Lipinski definition) is 4. The maximum absolute atomic E-state index is 4.47. The molecule has 104 valence electrons. The highest BCUT2D eigenvalue weighted by atomic mass is 15.3. The summed E-state index contributed by atoms with van der Waals surface area (Å²) < 4.78 is 3.86. The fourth-order valence-electron chi connectivity index (χ4n) is 2.16. The monoisotopic (exact) mass is 262 g/mol. The zero-order valence-electron chi connectivity index (χ0n) is 12.1. The third-order valence-corrected chi connectivity index (χ3v) is 3.20. The van der Waals surface area contributed by atoms with Gasteiger partial charge in [0.1, 0.15) is 12.2 Å². The maximum atomic E-state index is 4.47. The van der Waals surface area contributed by atoms with Crippen LogP contribution in [-0.4, -0.2) is 37.1 Å². The van der Waals surface area contributed by atoms with E-state index in [1.54, 1.807) is 6.33 Å². The molecule has 0 spiro atoms. The molecule has 2 heterocycles. The van der Waals surface area contributed by atoms with Crippen molar-refractivity contribution in [2.75, 3.05) is 6.54 Å². The number of aryl methyl sites for hydroxylation is 3. The van der Waals surface area contributed by atoms with E-state index in [0.717, 1.165) is 31.0 Å². The van der Waals surface area contributed by atoms with Crippen molar-refractivity contribution in [2.24, 2.45) is 7.05 Å². The molecular formula is C13H22N6. The average Bonchev–Trinajstić information content (AvgIpc) is 2.86. The van der Waals surface area contributed by atoms with Crippen LogP contribution in [0.5, 0.6) is 0 Å². The largest absolute Gasteiger partial charge is 0.312 e. The van der Waals surface area contributed by atoms with Gasteiger partial charge in [-0.25, -0.2) is 4.98 Å². The number of nitrogens with one attached hydrogen (secondary N) is 1. The topological polar surface area (TPSA) is 60.6 Å². The van der Waals surface area contributed by atoms with Gasteiger partial charge in [-0.15, -0.1) is 0 Å². The first-order valence-electron chi connectivity index (χ1n) is 6.63. The molecule has 0 aliphatic carbocycles. The second kappa shape index (κ2) is 5.97. The lowest BCUT2D eigenvalue weighted by Gasteiger charge is -2.14. The van der Waals surface area contributed by atoms with Crippen molar-refractivity contribution in [3.8, 4) is 0 Å². The Morgan fingerprint density at radius 2 is 2.16 bits per heavy atom. The molecule has 0 saturated carbocycles. The summed E-state index contributed by atoms with van der Waals surface area (Å²) in [7, 11) is 1.92. The van der Waals surface area contributed by atoms with Crippen molar-refractivity contribution in [3.63, 3.8) is 0 Å². The summed E-state index contributed by atoms with van der Waals surface area (Å²) in [5.74, 6) is 1.01. The van der Waals surface area contributed by atoms with Gasteiger partial charge in [-0.2, -0.15) is 10.2 Å². The highest BCUT2D eigenvalue weighted by molar-refractivity contribution is 5.06. The van der Waals surface area contributed by atoms with Gasteiger partial charge in [0.05, 0.1) is 12.2 Å². The first-order chi connectivity index (χ1) is 9.06. The normalized spacial score (nSPS) is 12.8. The third kappa shape index (κ3) is 3.64. The van der Waals surface area contributed by atoms with Gasteiger partial charge in [0.2, 0.25) is 0 Å². The Morgan fingerprint density at radius 1 is 1.37 bits per heavy atom. The van der Waals surface area contributed by atoms with Gasteiger partial charge in [0.15, 0.2) is 0 Å². The van der Waals surface area contributed by atoms with Crippen LogP contribution in [0.15, 0.2) is 12.4 Å². The van der Waals surface area contributed by atoms with Crippen LogP contribution < -0.4 is 5.32 Å². The third-order valence-electron chi connectivity index (χ3n) is 3.20. The summed E-state index contributed by atoms with van der Waals surface area (Å²) in [5.41, 5.74) is 2.28. The van der Waals surface area contributed by atoms with Crippen LogP contribution in [0.1, 0.15) is 24.1 Å². The smallest absolute Gasteiger partial charge is 0.138 e. The molecule has 0 aromatic carbocycles. The molecule has 0 aliphatic heterocycles. The molecule has 2 aromatic heterocycles. The van der Waals surface area contributed by atoms with Crippen molar-refractivity contribution in [3.05, 3.63) is 29.6 Å². The van der Waals surface area contributed by atoms with Gasteiger partial charge >= 0.3 is 0 Å². The van der Waals surface area contributed by atoms with E-state index in [4.69, 9.17) is 0 Å². The molecule has 0 saturated heterocycles. The lowest BCUT2D eigenvalue weighted by molar-refractivity contribution is 0.444. The van der Waals surface area contributed by atoms with Gasteiger partial charge in [0, 0.05) is 31.7 Å². The minimum absolute atomic E-state index is 0.381. The van der Waals surface area contributed by atoms with Gasteiger partial charge in [0.25, 0.3) is 0 Å². The minimum atomic E-state index is 0.381. The van der Waals surface area contributed by atoms with E-state index in [-0.39, 0.29) is 0 Å². The standard InChI is InChI=1S/C13H22N6/c1-10-7-12(3)19(17-10)8-11(2)14-6-5-13-15-9-16-18(13)4/h7,9,11,14H,5-6,8H2,1-4H3/t11-/m0/s1. The molecule has 2 aromatic rings. The summed E-state index contributed by atoms with van der Waals surface area (Å²) in [6.07, 6.45) is 2.48. The number of rotatable bonds is 6. The second-order valence-electron chi connectivity index (χ2n) is 5.01. The molecule has 6 nitrogen and oxygen atoms in total. The molecule has 2 rings (SSSR count). The van der Waals surface area contributed by atoms with Gasteiger partial charge in [-0.3, -0.25) is 9.36 Å². The van der Waals surface area contributed by atoms with E-state index in [0.29, 0.717) is 6.04 Å². The summed E-state index contributed by atoms with van der Waals surface area (Å²) in [4.78, 5) is 4.21. The van der Waals surface area contributed by atoms with Crippen LogP contribution in [-0.2, 0) is 20.0 Å². The maximum Gasteiger partial charge on any atom is 0.138 e. The van der Waals surface area contributed by atoms with Gasteiger partial charge < -0.3 is 5.32 Å². The second-order valence-corrected chi connectivity index (χ2v) is 5.01. The highest BCUT2D eigenvalue weighted by Gasteiger charge is 2.07. The van der Waals surface area contributed by atoms with Crippen LogP contribution in [0.3, 0.4) is 0 Å². The fourth-order valence-corrected chi connectivity index (χ4v) is 2.16. The molecule has 0 aliphatic rings. The Kier molecular flexibility index (Phi) is 4.31. The Labute approximate surface area is 113 Å². The SMILES string of the molecule is Cc1cc(C)n(C[C@H](C)NCCc2ncnn2C)n1. The number of hydrogen-bond donors (Lipinski definition) is 1. The van der Waals surface area contributed by atoms with Crippen LogP contribution in [0, 0.1) is 13.8 Å². The van der Waals surface area contributed by atoms with Crippen LogP contribution in [0.2, 0.25) is 0 Å². The van der Waals surface area contributed by atoms with E-state index in [2.05, 4.69) is 45.1 Å². The predicted molar refractivity (Wildman–Crippen MR) is 73.9 cm³/mol. The van der Waals surface area contributed by atoms with Crippen molar-refractivity contribution in [1.82, 2.24) is 29.9 Å². The Balaban J connectivity index is 1.77. The van der Waals surface area contributed by atoms with Crippen LogP contribution in [0.4, 0.5) is 0 Å². The summed E-state index contributed by atoms with van der Waals surface area (Å²) >= 11 is 0. The quantitative estimate of drug-likeness (QED) is 0.838. The van der Waals surface area contributed by atoms with E-state index >= 15 is 0 Å². The predicted octanol–water partition coefficient (Wildman–Crippen LogP) is 0.849. The molecule has 0 bridgehead atoms. The molecule has 0 radical (unpaired) electrons. The molecule has 1 atom stereocenters. The minimum Gasteiger partial charge on any atom is -0.312 e. The molecule has 0 unspecified atom stereocenters. The molecule has 19 heavy (non-hydrogen) atoms. The first-order valence-corrected chi connectivity index (χ1v) is 6.63. The average molecular weight is 262 g/mol. The molecule has 1 N–H and O–H groups in total. The fraction of sp³-hybridized carbons (Fsp3) is 0.615. The molecule has 0 fully saturated rings. The summed E-state index contributed by atoms with van der Waals surface area (Å²) in [5, 5.41) is 12.0. The van der Waals surface area contributed by atoms with Crippen molar-refractivity contribution in [1.29, 1.82) is 0 Å². The zero-order chi connectivity index (χ0) is 13.8. The van der Waals surface area contributed by atoms with Crippen molar-refractivity contribution in [2.45, 2.75) is 39.8 Å². The lowest BCUT2D eigenvalue weighted by atomic mass is 10.3. The van der Waals surface area contributed by atoms with Crippen molar-refractivity contribution < 1.29 is 0 Å².